The molecule has 3 heterocycles. The van der Waals surface area contributed by atoms with Crippen molar-refractivity contribution in [3.8, 4) is 0 Å². The molecule has 0 bridgehead atoms. The average molecular weight is 337 g/mol. The number of sulfone groups is 1. The second kappa shape index (κ2) is 5.48. The molecule has 1 atom stereocenters. The third-order valence-electron chi connectivity index (χ3n) is 4.32. The number of hydrogen-bond acceptors (Lipinski definition) is 5. The number of aromatic nitrogens is 4. The predicted octanol–water partition coefficient (Wildman–Crippen LogP) is 0.730. The van der Waals surface area contributed by atoms with Crippen LogP contribution in [0.1, 0.15) is 35.9 Å². The molecule has 23 heavy (non-hydrogen) atoms. The van der Waals surface area contributed by atoms with E-state index in [0.717, 1.165) is 12.8 Å². The van der Waals surface area contributed by atoms with Gasteiger partial charge in [-0.25, -0.2) is 8.42 Å². The highest BCUT2D eigenvalue weighted by atomic mass is 32.2. The SMILES string of the molecule is CC1(c2[nH]ncc2S(C)(=O)=O)CCCN(C(=O)c2ccn[nH]2)C1. The molecule has 1 saturated heterocycles. The Labute approximate surface area is 134 Å². The number of carbonyl (C=O) groups excluding carboxylic acids is 1. The largest absolute Gasteiger partial charge is 0.336 e. The summed E-state index contributed by atoms with van der Waals surface area (Å²) in [5.74, 6) is -0.131. The van der Waals surface area contributed by atoms with Crippen LogP contribution in [0.2, 0.25) is 0 Å². The first kappa shape index (κ1) is 15.7. The molecule has 0 saturated carbocycles. The maximum atomic E-state index is 12.5. The Balaban J connectivity index is 1.91. The summed E-state index contributed by atoms with van der Waals surface area (Å²) >= 11 is 0. The molecule has 124 valence electrons. The predicted molar refractivity (Wildman–Crippen MR) is 82.8 cm³/mol. The van der Waals surface area contributed by atoms with Gasteiger partial charge >= 0.3 is 0 Å². The topological polar surface area (TPSA) is 112 Å². The number of H-pyrrole nitrogens is 2. The summed E-state index contributed by atoms with van der Waals surface area (Å²) in [7, 11) is -3.37. The molecule has 1 aliphatic rings. The van der Waals surface area contributed by atoms with Gasteiger partial charge in [-0.3, -0.25) is 15.0 Å². The lowest BCUT2D eigenvalue weighted by molar-refractivity contribution is 0.0639. The standard InChI is InChI=1S/C14H19N5O3S/c1-14(12-11(8-16-18-12)23(2,21)22)5-3-7-19(9-14)13(20)10-4-6-15-17-10/h4,6,8H,3,5,7,9H2,1-2H3,(H,15,17)(H,16,18). The summed E-state index contributed by atoms with van der Waals surface area (Å²) < 4.78 is 23.9. The second-order valence-corrected chi connectivity index (χ2v) is 8.23. The Morgan fingerprint density at radius 3 is 2.78 bits per heavy atom. The van der Waals surface area contributed by atoms with Gasteiger partial charge in [-0.1, -0.05) is 6.92 Å². The van der Waals surface area contributed by atoms with Crippen LogP contribution in [0, 0.1) is 0 Å². The molecular weight excluding hydrogens is 318 g/mol. The molecule has 2 N–H and O–H groups in total. The number of rotatable bonds is 3. The number of nitrogens with one attached hydrogen (secondary N) is 2. The van der Waals surface area contributed by atoms with E-state index in [1.807, 2.05) is 6.92 Å². The molecule has 3 rings (SSSR count). The first-order valence-electron chi connectivity index (χ1n) is 7.34. The second-order valence-electron chi connectivity index (χ2n) is 6.24. The van der Waals surface area contributed by atoms with Crippen LogP contribution in [0.15, 0.2) is 23.4 Å². The lowest BCUT2D eigenvalue weighted by atomic mass is 9.79. The minimum absolute atomic E-state index is 0.131. The van der Waals surface area contributed by atoms with Crippen LogP contribution in [0.5, 0.6) is 0 Å². The Bertz CT molecular complexity index is 811. The zero-order valence-corrected chi connectivity index (χ0v) is 13.9. The Morgan fingerprint density at radius 1 is 1.35 bits per heavy atom. The highest BCUT2D eigenvalue weighted by molar-refractivity contribution is 7.90. The molecule has 1 aliphatic heterocycles. The summed E-state index contributed by atoms with van der Waals surface area (Å²) in [6.07, 6.45) is 5.61. The maximum Gasteiger partial charge on any atom is 0.271 e. The molecule has 9 heteroatoms. The Kier molecular flexibility index (Phi) is 3.75. The molecule has 8 nitrogen and oxygen atoms in total. The van der Waals surface area contributed by atoms with Crippen LogP contribution < -0.4 is 0 Å². The van der Waals surface area contributed by atoms with Crippen LogP contribution in [0.25, 0.3) is 0 Å². The van der Waals surface area contributed by atoms with Crippen molar-refractivity contribution in [2.24, 2.45) is 0 Å². The summed E-state index contributed by atoms with van der Waals surface area (Å²) in [4.78, 5) is 14.4. The van der Waals surface area contributed by atoms with Gasteiger partial charge in [-0.2, -0.15) is 10.2 Å². The number of piperidine rings is 1. The normalized spacial score (nSPS) is 22.3. The smallest absolute Gasteiger partial charge is 0.271 e. The minimum Gasteiger partial charge on any atom is -0.336 e. The molecular formula is C14H19N5O3S. The fourth-order valence-corrected chi connectivity index (χ4v) is 4.06. The van der Waals surface area contributed by atoms with Crippen LogP contribution >= 0.6 is 0 Å². The van der Waals surface area contributed by atoms with E-state index in [1.165, 1.54) is 18.6 Å². The van der Waals surface area contributed by atoms with E-state index < -0.39 is 15.3 Å². The fraction of sp³-hybridized carbons (Fsp3) is 0.500. The number of likely N-dealkylation sites (tertiary alicyclic amines) is 1. The molecule has 1 amide bonds. The first-order chi connectivity index (χ1) is 10.8. The molecule has 1 fully saturated rings. The maximum absolute atomic E-state index is 12.5. The lowest BCUT2D eigenvalue weighted by Crippen LogP contribution is -2.47. The van der Waals surface area contributed by atoms with Gasteiger partial charge in [0.2, 0.25) is 0 Å². The van der Waals surface area contributed by atoms with Crippen LogP contribution in [-0.2, 0) is 15.3 Å². The molecule has 2 aromatic rings. The quantitative estimate of drug-likeness (QED) is 0.857. The number of carbonyl (C=O) groups is 1. The lowest BCUT2D eigenvalue weighted by Gasteiger charge is -2.40. The molecule has 0 aliphatic carbocycles. The molecule has 0 aromatic carbocycles. The van der Waals surface area contributed by atoms with E-state index in [9.17, 15) is 13.2 Å². The number of aromatic amines is 2. The molecule has 0 spiro atoms. The van der Waals surface area contributed by atoms with E-state index in [4.69, 9.17) is 0 Å². The molecule has 1 unspecified atom stereocenters. The fourth-order valence-electron chi connectivity index (χ4n) is 3.15. The van der Waals surface area contributed by atoms with E-state index >= 15 is 0 Å². The third-order valence-corrected chi connectivity index (χ3v) is 5.43. The number of hydrogen-bond donors (Lipinski definition) is 2. The average Bonchev–Trinajstić information content (AvgIpc) is 3.17. The summed E-state index contributed by atoms with van der Waals surface area (Å²) in [6.45, 7) is 3.02. The number of nitrogens with zero attached hydrogens (tertiary/aromatic N) is 3. The van der Waals surface area contributed by atoms with E-state index in [2.05, 4.69) is 20.4 Å². The van der Waals surface area contributed by atoms with Gasteiger partial charge in [0.05, 0.1) is 11.9 Å². The van der Waals surface area contributed by atoms with Crippen LogP contribution in [0.3, 0.4) is 0 Å². The van der Waals surface area contributed by atoms with Crippen molar-refractivity contribution < 1.29 is 13.2 Å². The highest BCUT2D eigenvalue weighted by Gasteiger charge is 2.39. The van der Waals surface area contributed by atoms with Gasteiger partial charge in [-0.15, -0.1) is 0 Å². The zero-order chi connectivity index (χ0) is 16.7. The van der Waals surface area contributed by atoms with Gasteiger partial charge in [0.1, 0.15) is 10.6 Å². The van der Waals surface area contributed by atoms with Crippen LogP contribution in [0.4, 0.5) is 0 Å². The van der Waals surface area contributed by atoms with E-state index in [1.54, 1.807) is 11.0 Å². The van der Waals surface area contributed by atoms with Crippen LogP contribution in [-0.4, -0.2) is 59.0 Å². The van der Waals surface area contributed by atoms with Gasteiger partial charge < -0.3 is 4.90 Å². The van der Waals surface area contributed by atoms with Gasteiger partial charge in [-0.05, 0) is 18.9 Å². The third kappa shape index (κ3) is 2.88. The first-order valence-corrected chi connectivity index (χ1v) is 9.23. The van der Waals surface area contributed by atoms with Crippen molar-refractivity contribution in [2.45, 2.75) is 30.1 Å². The van der Waals surface area contributed by atoms with Gasteiger partial charge in [0.25, 0.3) is 5.91 Å². The Hall–Kier alpha value is -2.16. The molecule has 0 radical (unpaired) electrons. The Morgan fingerprint density at radius 2 is 2.13 bits per heavy atom. The van der Waals surface area contributed by atoms with Crippen molar-refractivity contribution in [2.75, 3.05) is 19.3 Å². The monoisotopic (exact) mass is 337 g/mol. The summed E-state index contributed by atoms with van der Waals surface area (Å²) in [5.41, 5.74) is 0.521. The van der Waals surface area contributed by atoms with Crippen molar-refractivity contribution in [3.63, 3.8) is 0 Å². The summed E-state index contributed by atoms with van der Waals surface area (Å²) in [5, 5.41) is 13.2. The zero-order valence-electron chi connectivity index (χ0n) is 13.0. The van der Waals surface area contributed by atoms with Crippen molar-refractivity contribution in [1.82, 2.24) is 25.3 Å². The van der Waals surface area contributed by atoms with Crippen molar-refractivity contribution in [3.05, 3.63) is 29.8 Å². The van der Waals surface area contributed by atoms with E-state index in [0.29, 0.717) is 24.5 Å². The molecule has 2 aromatic heterocycles. The minimum atomic E-state index is -3.37. The van der Waals surface area contributed by atoms with Gasteiger partial charge in [0.15, 0.2) is 9.84 Å². The van der Waals surface area contributed by atoms with E-state index in [-0.39, 0.29) is 10.8 Å². The van der Waals surface area contributed by atoms with Crippen molar-refractivity contribution >= 4 is 15.7 Å². The summed E-state index contributed by atoms with van der Waals surface area (Å²) in [6, 6.07) is 1.63. The van der Waals surface area contributed by atoms with Crippen molar-refractivity contribution in [1.29, 1.82) is 0 Å². The number of amides is 1. The van der Waals surface area contributed by atoms with Gasteiger partial charge in [0, 0.05) is 31.0 Å². The highest BCUT2D eigenvalue weighted by Crippen LogP contribution is 2.36.